The van der Waals surface area contributed by atoms with E-state index in [0.29, 0.717) is 18.1 Å². The maximum Gasteiger partial charge on any atom is 0.255 e. The quantitative estimate of drug-likeness (QED) is 0.519. The van der Waals surface area contributed by atoms with Crippen molar-refractivity contribution in [1.82, 2.24) is 9.88 Å². The van der Waals surface area contributed by atoms with E-state index >= 15 is 0 Å². The number of guanidine groups is 1. The summed E-state index contributed by atoms with van der Waals surface area (Å²) >= 11 is 0. The van der Waals surface area contributed by atoms with E-state index in [2.05, 4.69) is 10.3 Å². The van der Waals surface area contributed by atoms with Gasteiger partial charge in [-0.15, -0.1) is 0 Å². The fourth-order valence-corrected chi connectivity index (χ4v) is 1.18. The summed E-state index contributed by atoms with van der Waals surface area (Å²) in [5.74, 6) is 0.331. The fraction of sp³-hybridized carbons (Fsp3) is 0.400. The number of aromatic nitrogens is 1. The Morgan fingerprint density at radius 3 is 2.87 bits per heavy atom. The van der Waals surface area contributed by atoms with Crippen LogP contribution in [0, 0.1) is 6.92 Å². The first-order valence-electron chi connectivity index (χ1n) is 4.68. The number of aliphatic imine (C=N–C) groups is 1. The smallest absolute Gasteiger partial charge is 0.255 e. The standard InChI is InChI=1S/C10H16N4O/c1-7-4-5-8(9(15)14(7)3)6-13-10(11)12-2/h4-5H,6H2,1-3H3,(H3,11,12,13). The topological polar surface area (TPSA) is 72.4 Å². The van der Waals surface area contributed by atoms with E-state index in [9.17, 15) is 4.79 Å². The number of nitrogens with zero attached hydrogens (tertiary/aromatic N) is 2. The number of hydrogen-bond donors (Lipinski definition) is 2. The van der Waals surface area contributed by atoms with E-state index in [1.807, 2.05) is 13.0 Å². The number of nitrogens with two attached hydrogens (primary N) is 1. The average Bonchev–Trinajstić information content (AvgIpc) is 2.24. The van der Waals surface area contributed by atoms with Gasteiger partial charge in [-0.1, -0.05) is 6.07 Å². The van der Waals surface area contributed by atoms with Gasteiger partial charge in [0.25, 0.3) is 5.56 Å². The first-order valence-corrected chi connectivity index (χ1v) is 4.68. The Morgan fingerprint density at radius 2 is 2.27 bits per heavy atom. The van der Waals surface area contributed by atoms with Gasteiger partial charge in [0.05, 0.1) is 0 Å². The number of aryl methyl sites for hydroxylation is 1. The normalized spacial score (nSPS) is 11.5. The summed E-state index contributed by atoms with van der Waals surface area (Å²) in [5, 5.41) is 2.85. The molecule has 1 aromatic heterocycles. The van der Waals surface area contributed by atoms with Gasteiger partial charge in [-0.3, -0.25) is 9.79 Å². The lowest BCUT2D eigenvalue weighted by Crippen LogP contribution is -2.34. The highest BCUT2D eigenvalue weighted by Crippen LogP contribution is 1.95. The number of rotatable bonds is 2. The van der Waals surface area contributed by atoms with Gasteiger partial charge in [-0.05, 0) is 13.0 Å². The van der Waals surface area contributed by atoms with Crippen LogP contribution < -0.4 is 16.6 Å². The van der Waals surface area contributed by atoms with Crippen molar-refractivity contribution in [2.24, 2.45) is 17.8 Å². The fourth-order valence-electron chi connectivity index (χ4n) is 1.18. The molecule has 5 nitrogen and oxygen atoms in total. The lowest BCUT2D eigenvalue weighted by molar-refractivity contribution is 0.777. The minimum absolute atomic E-state index is 0.00796. The molecule has 0 bridgehead atoms. The first kappa shape index (κ1) is 11.3. The van der Waals surface area contributed by atoms with Crippen molar-refractivity contribution in [2.75, 3.05) is 7.05 Å². The molecular weight excluding hydrogens is 192 g/mol. The first-order chi connectivity index (χ1) is 7.06. The molecule has 1 aromatic rings. The van der Waals surface area contributed by atoms with Gasteiger partial charge in [0, 0.05) is 31.9 Å². The highest BCUT2D eigenvalue weighted by atomic mass is 16.1. The zero-order chi connectivity index (χ0) is 11.4. The summed E-state index contributed by atoms with van der Waals surface area (Å²) in [6, 6.07) is 3.70. The molecule has 0 unspecified atom stereocenters. The summed E-state index contributed by atoms with van der Waals surface area (Å²) in [6.45, 7) is 2.29. The maximum absolute atomic E-state index is 11.7. The van der Waals surface area contributed by atoms with Gasteiger partial charge in [0.2, 0.25) is 0 Å². The molecule has 0 amide bonds. The summed E-state index contributed by atoms with van der Waals surface area (Å²) in [4.78, 5) is 15.5. The van der Waals surface area contributed by atoms with E-state index in [1.165, 1.54) is 0 Å². The highest BCUT2D eigenvalue weighted by Gasteiger charge is 2.02. The Morgan fingerprint density at radius 1 is 1.60 bits per heavy atom. The second-order valence-electron chi connectivity index (χ2n) is 3.33. The molecule has 0 saturated heterocycles. The average molecular weight is 208 g/mol. The predicted molar refractivity (Wildman–Crippen MR) is 60.8 cm³/mol. The molecule has 3 N–H and O–H groups in total. The van der Waals surface area contributed by atoms with Crippen LogP contribution in [0.5, 0.6) is 0 Å². The Balaban J connectivity index is 2.88. The Hall–Kier alpha value is -1.78. The molecule has 0 saturated carbocycles. The zero-order valence-corrected chi connectivity index (χ0v) is 9.24. The van der Waals surface area contributed by atoms with Crippen LogP contribution in [0.25, 0.3) is 0 Å². The molecule has 0 atom stereocenters. The van der Waals surface area contributed by atoms with Crippen molar-refractivity contribution in [3.63, 3.8) is 0 Å². The van der Waals surface area contributed by atoms with Gasteiger partial charge in [-0.2, -0.15) is 0 Å². The third kappa shape index (κ3) is 2.59. The zero-order valence-electron chi connectivity index (χ0n) is 9.24. The van der Waals surface area contributed by atoms with Crippen LogP contribution in [0.4, 0.5) is 0 Å². The molecule has 0 aliphatic carbocycles. The molecule has 0 radical (unpaired) electrons. The lowest BCUT2D eigenvalue weighted by Gasteiger charge is -2.08. The third-order valence-corrected chi connectivity index (χ3v) is 2.33. The van der Waals surface area contributed by atoms with Crippen molar-refractivity contribution in [3.8, 4) is 0 Å². The van der Waals surface area contributed by atoms with Gasteiger partial charge in [-0.25, -0.2) is 0 Å². The lowest BCUT2D eigenvalue weighted by atomic mass is 10.2. The molecule has 0 aromatic carbocycles. The molecule has 0 aliphatic rings. The Kier molecular flexibility index (Phi) is 3.49. The minimum atomic E-state index is -0.00796. The highest BCUT2D eigenvalue weighted by molar-refractivity contribution is 5.77. The van der Waals surface area contributed by atoms with Crippen molar-refractivity contribution in [1.29, 1.82) is 0 Å². The summed E-state index contributed by atoms with van der Waals surface area (Å²) in [5.41, 5.74) is 7.07. The van der Waals surface area contributed by atoms with Crippen LogP contribution in [0.2, 0.25) is 0 Å². The minimum Gasteiger partial charge on any atom is -0.370 e. The van der Waals surface area contributed by atoms with Crippen LogP contribution in [-0.2, 0) is 13.6 Å². The molecule has 0 fully saturated rings. The molecule has 82 valence electrons. The summed E-state index contributed by atoms with van der Waals surface area (Å²) in [7, 11) is 3.34. The van der Waals surface area contributed by atoms with Crippen molar-refractivity contribution in [2.45, 2.75) is 13.5 Å². The predicted octanol–water partition coefficient (Wildman–Crippen LogP) is -0.272. The Bertz CT molecular complexity index is 434. The second kappa shape index (κ2) is 4.63. The molecule has 15 heavy (non-hydrogen) atoms. The molecule has 0 aliphatic heterocycles. The number of pyridine rings is 1. The largest absolute Gasteiger partial charge is 0.370 e. The van der Waals surface area contributed by atoms with E-state index in [0.717, 1.165) is 5.69 Å². The summed E-state index contributed by atoms with van der Waals surface area (Å²) in [6.07, 6.45) is 0. The molecule has 1 heterocycles. The van der Waals surface area contributed by atoms with Gasteiger partial charge in [0.15, 0.2) is 5.96 Å². The molecular formula is C10H16N4O. The SMILES string of the molecule is CN=C(N)NCc1ccc(C)n(C)c1=O. The van der Waals surface area contributed by atoms with Crippen LogP contribution in [0.3, 0.4) is 0 Å². The number of nitrogens with one attached hydrogen (secondary N) is 1. The van der Waals surface area contributed by atoms with Crippen LogP contribution in [0.15, 0.2) is 21.9 Å². The van der Waals surface area contributed by atoms with Crippen LogP contribution in [-0.4, -0.2) is 17.6 Å². The van der Waals surface area contributed by atoms with Crippen molar-refractivity contribution >= 4 is 5.96 Å². The summed E-state index contributed by atoms with van der Waals surface area (Å²) < 4.78 is 1.61. The third-order valence-electron chi connectivity index (χ3n) is 2.33. The van der Waals surface area contributed by atoms with Crippen molar-refractivity contribution < 1.29 is 0 Å². The van der Waals surface area contributed by atoms with Crippen LogP contribution >= 0.6 is 0 Å². The van der Waals surface area contributed by atoms with Gasteiger partial charge in [0.1, 0.15) is 0 Å². The second-order valence-corrected chi connectivity index (χ2v) is 3.33. The van der Waals surface area contributed by atoms with E-state index in [4.69, 9.17) is 5.73 Å². The van der Waals surface area contributed by atoms with Crippen molar-refractivity contribution in [3.05, 3.63) is 33.7 Å². The molecule has 0 spiro atoms. The van der Waals surface area contributed by atoms with E-state index < -0.39 is 0 Å². The van der Waals surface area contributed by atoms with Gasteiger partial charge >= 0.3 is 0 Å². The molecule has 5 heteroatoms. The molecule has 1 rings (SSSR count). The van der Waals surface area contributed by atoms with E-state index in [1.54, 1.807) is 24.7 Å². The van der Waals surface area contributed by atoms with Gasteiger partial charge < -0.3 is 15.6 Å². The maximum atomic E-state index is 11.7. The van der Waals surface area contributed by atoms with E-state index in [-0.39, 0.29) is 5.56 Å². The monoisotopic (exact) mass is 208 g/mol. The Labute approximate surface area is 88.6 Å². The number of hydrogen-bond acceptors (Lipinski definition) is 2. The van der Waals surface area contributed by atoms with Crippen LogP contribution in [0.1, 0.15) is 11.3 Å².